The van der Waals surface area contributed by atoms with Gasteiger partial charge in [0.25, 0.3) is 0 Å². The van der Waals surface area contributed by atoms with Crippen molar-refractivity contribution in [1.29, 1.82) is 0 Å². The summed E-state index contributed by atoms with van der Waals surface area (Å²) in [7, 11) is 1.90. The number of nitrogens with zero attached hydrogens (tertiary/aromatic N) is 2. The quantitative estimate of drug-likeness (QED) is 0.828. The van der Waals surface area contributed by atoms with Crippen LogP contribution in [0.3, 0.4) is 0 Å². The van der Waals surface area contributed by atoms with Crippen molar-refractivity contribution in [2.75, 3.05) is 18.5 Å². The molecule has 0 aliphatic rings. The van der Waals surface area contributed by atoms with Crippen molar-refractivity contribution < 1.29 is 0 Å². The summed E-state index contributed by atoms with van der Waals surface area (Å²) in [6.45, 7) is 0.984. The van der Waals surface area contributed by atoms with Gasteiger partial charge in [-0.1, -0.05) is 5.92 Å². The van der Waals surface area contributed by atoms with Crippen LogP contribution in [-0.2, 0) is 6.54 Å². The fraction of sp³-hybridized carbons (Fsp3) is 0.300. The van der Waals surface area contributed by atoms with Crippen LogP contribution >= 0.6 is 15.9 Å². The molecule has 0 fully saturated rings. The molecule has 0 amide bonds. The van der Waals surface area contributed by atoms with Gasteiger partial charge in [-0.2, -0.15) is 0 Å². The van der Waals surface area contributed by atoms with Gasteiger partial charge < -0.3 is 10.6 Å². The average molecular weight is 254 g/mol. The minimum atomic E-state index is 0.455. The first-order valence-corrected chi connectivity index (χ1v) is 4.97. The minimum Gasteiger partial charge on any atom is -0.348 e. The Labute approximate surface area is 92.4 Å². The molecular formula is C10H12BrN3. The summed E-state index contributed by atoms with van der Waals surface area (Å²) in [6, 6.07) is 1.95. The second-order valence-electron chi connectivity index (χ2n) is 2.90. The van der Waals surface area contributed by atoms with Crippen molar-refractivity contribution >= 4 is 21.7 Å². The van der Waals surface area contributed by atoms with Gasteiger partial charge in [0.05, 0.1) is 6.54 Å². The molecule has 0 spiro atoms. The molecule has 14 heavy (non-hydrogen) atoms. The van der Waals surface area contributed by atoms with Gasteiger partial charge in [0.1, 0.15) is 5.82 Å². The Morgan fingerprint density at radius 2 is 2.43 bits per heavy atom. The van der Waals surface area contributed by atoms with Gasteiger partial charge in [-0.05, 0) is 22.0 Å². The molecule has 0 aromatic carbocycles. The van der Waals surface area contributed by atoms with Gasteiger partial charge in [0.2, 0.25) is 0 Å². The van der Waals surface area contributed by atoms with Crippen LogP contribution in [0.1, 0.15) is 5.56 Å². The van der Waals surface area contributed by atoms with Crippen LogP contribution in [-0.4, -0.2) is 18.6 Å². The average Bonchev–Trinajstić information content (AvgIpc) is 2.17. The van der Waals surface area contributed by atoms with Crippen LogP contribution in [0.4, 0.5) is 5.82 Å². The molecule has 1 heterocycles. The maximum absolute atomic E-state index is 5.61. The predicted molar refractivity (Wildman–Crippen MR) is 61.9 cm³/mol. The summed E-state index contributed by atoms with van der Waals surface area (Å²) in [6.07, 6.45) is 6.97. The highest BCUT2D eigenvalue weighted by atomic mass is 79.9. The lowest BCUT2D eigenvalue weighted by Crippen LogP contribution is -2.20. The molecule has 0 bridgehead atoms. The van der Waals surface area contributed by atoms with E-state index in [0.29, 0.717) is 13.1 Å². The van der Waals surface area contributed by atoms with E-state index in [9.17, 15) is 0 Å². The number of terminal acetylenes is 1. The Kier molecular flexibility index (Phi) is 3.93. The van der Waals surface area contributed by atoms with Crippen molar-refractivity contribution in [1.82, 2.24) is 4.98 Å². The molecule has 0 atom stereocenters. The van der Waals surface area contributed by atoms with Gasteiger partial charge in [0, 0.05) is 29.8 Å². The molecule has 3 nitrogen and oxygen atoms in total. The lowest BCUT2D eigenvalue weighted by Gasteiger charge is -2.18. The van der Waals surface area contributed by atoms with Crippen molar-refractivity contribution in [3.63, 3.8) is 0 Å². The Morgan fingerprint density at radius 1 is 1.71 bits per heavy atom. The van der Waals surface area contributed by atoms with Gasteiger partial charge >= 0.3 is 0 Å². The predicted octanol–water partition coefficient (Wildman–Crippen LogP) is 1.37. The van der Waals surface area contributed by atoms with Crippen LogP contribution in [0.2, 0.25) is 0 Å². The van der Waals surface area contributed by atoms with Gasteiger partial charge in [-0.25, -0.2) is 4.98 Å². The van der Waals surface area contributed by atoms with E-state index in [2.05, 4.69) is 26.8 Å². The first-order valence-electron chi connectivity index (χ1n) is 4.18. The van der Waals surface area contributed by atoms with Crippen LogP contribution in [0, 0.1) is 12.3 Å². The highest BCUT2D eigenvalue weighted by molar-refractivity contribution is 9.10. The van der Waals surface area contributed by atoms with Crippen LogP contribution in [0.15, 0.2) is 16.7 Å². The number of aromatic nitrogens is 1. The molecule has 0 aliphatic heterocycles. The number of rotatable bonds is 3. The fourth-order valence-electron chi connectivity index (χ4n) is 1.18. The Balaban J connectivity index is 3.02. The zero-order valence-corrected chi connectivity index (χ0v) is 9.58. The Bertz CT molecular complexity index is 357. The largest absolute Gasteiger partial charge is 0.348 e. The molecule has 4 heteroatoms. The van der Waals surface area contributed by atoms with E-state index in [-0.39, 0.29) is 0 Å². The van der Waals surface area contributed by atoms with Crippen molar-refractivity contribution in [3.05, 3.63) is 22.3 Å². The molecule has 1 rings (SSSR count). The number of pyridine rings is 1. The molecule has 0 aliphatic carbocycles. The highest BCUT2D eigenvalue weighted by Crippen LogP contribution is 2.19. The van der Waals surface area contributed by atoms with Crippen molar-refractivity contribution in [2.24, 2.45) is 5.73 Å². The van der Waals surface area contributed by atoms with E-state index in [4.69, 9.17) is 12.2 Å². The lowest BCUT2D eigenvalue weighted by atomic mass is 10.2. The molecule has 74 valence electrons. The maximum atomic E-state index is 5.61. The molecule has 0 saturated carbocycles. The Hall–Kier alpha value is -1.05. The molecule has 1 aromatic heterocycles. The van der Waals surface area contributed by atoms with E-state index < -0.39 is 0 Å². The monoisotopic (exact) mass is 253 g/mol. The number of anilines is 1. The number of hydrogen-bond donors (Lipinski definition) is 1. The third-order valence-corrected chi connectivity index (χ3v) is 2.25. The van der Waals surface area contributed by atoms with Gasteiger partial charge in [0.15, 0.2) is 0 Å². The van der Waals surface area contributed by atoms with E-state index in [1.165, 1.54) is 0 Å². The standard InChI is InChI=1S/C10H12BrN3/c1-3-4-14(2)10-8(6-12)5-9(11)7-13-10/h1,5,7H,4,6,12H2,2H3. The topological polar surface area (TPSA) is 42.2 Å². The fourth-order valence-corrected chi connectivity index (χ4v) is 1.56. The maximum Gasteiger partial charge on any atom is 0.133 e. The van der Waals surface area contributed by atoms with Crippen LogP contribution in [0.25, 0.3) is 0 Å². The van der Waals surface area contributed by atoms with E-state index in [1.54, 1.807) is 6.20 Å². The zero-order valence-electron chi connectivity index (χ0n) is 8.00. The van der Waals surface area contributed by atoms with E-state index in [0.717, 1.165) is 15.9 Å². The smallest absolute Gasteiger partial charge is 0.133 e. The number of nitrogens with two attached hydrogens (primary N) is 1. The summed E-state index contributed by atoms with van der Waals surface area (Å²) in [5.41, 5.74) is 6.60. The molecular weight excluding hydrogens is 242 g/mol. The highest BCUT2D eigenvalue weighted by Gasteiger charge is 2.07. The molecule has 0 unspecified atom stereocenters. The lowest BCUT2D eigenvalue weighted by molar-refractivity contribution is 0.952. The summed E-state index contributed by atoms with van der Waals surface area (Å²) >= 11 is 3.35. The third-order valence-electron chi connectivity index (χ3n) is 1.82. The van der Waals surface area contributed by atoms with Crippen LogP contribution < -0.4 is 10.6 Å². The molecule has 0 radical (unpaired) electrons. The van der Waals surface area contributed by atoms with Crippen molar-refractivity contribution in [2.45, 2.75) is 6.54 Å². The normalized spacial score (nSPS) is 9.57. The minimum absolute atomic E-state index is 0.455. The third kappa shape index (κ3) is 2.47. The molecule has 1 aromatic rings. The first kappa shape index (κ1) is 11.0. The molecule has 0 saturated heterocycles. The zero-order chi connectivity index (χ0) is 10.6. The Morgan fingerprint density at radius 3 is 3.00 bits per heavy atom. The first-order chi connectivity index (χ1) is 6.69. The van der Waals surface area contributed by atoms with Gasteiger partial charge in [-0.15, -0.1) is 6.42 Å². The second-order valence-corrected chi connectivity index (χ2v) is 3.82. The van der Waals surface area contributed by atoms with Crippen molar-refractivity contribution in [3.8, 4) is 12.3 Å². The number of halogens is 1. The molecule has 2 N–H and O–H groups in total. The summed E-state index contributed by atoms with van der Waals surface area (Å²) in [4.78, 5) is 6.17. The van der Waals surface area contributed by atoms with E-state index >= 15 is 0 Å². The SMILES string of the molecule is C#CCN(C)c1ncc(Br)cc1CN. The number of hydrogen-bond acceptors (Lipinski definition) is 3. The summed E-state index contributed by atoms with van der Waals surface area (Å²) in [5, 5.41) is 0. The van der Waals surface area contributed by atoms with E-state index in [1.807, 2.05) is 18.0 Å². The van der Waals surface area contributed by atoms with Crippen LogP contribution in [0.5, 0.6) is 0 Å². The summed E-state index contributed by atoms with van der Waals surface area (Å²) < 4.78 is 0.927. The second kappa shape index (κ2) is 4.99. The summed E-state index contributed by atoms with van der Waals surface area (Å²) in [5.74, 6) is 3.41. The van der Waals surface area contributed by atoms with Gasteiger partial charge in [-0.3, -0.25) is 0 Å².